The number of nitro groups is 1. The highest BCUT2D eigenvalue weighted by Crippen LogP contribution is 2.35. The molecule has 2 heterocycles. The Bertz CT molecular complexity index is 1210. The molecule has 0 saturated heterocycles. The largest absolute Gasteiger partial charge is 0.573 e. The van der Waals surface area contributed by atoms with Crippen molar-refractivity contribution in [2.75, 3.05) is 0 Å². The predicted molar refractivity (Wildman–Crippen MR) is 98.8 cm³/mol. The molecule has 0 amide bonds. The first kappa shape index (κ1) is 18.5. The molecular weight excluding hydrogens is 389 g/mol. The molecule has 0 aliphatic carbocycles. The molecule has 7 nitrogen and oxygen atoms in total. The molecule has 4 rings (SSSR count). The summed E-state index contributed by atoms with van der Waals surface area (Å²) in [5, 5.41) is 16.0. The third-order valence-corrected chi connectivity index (χ3v) is 4.36. The summed E-state index contributed by atoms with van der Waals surface area (Å²) in [7, 11) is 1.75. The molecule has 0 saturated carbocycles. The van der Waals surface area contributed by atoms with Crippen molar-refractivity contribution >= 4 is 16.6 Å². The minimum Gasteiger partial charge on any atom is -0.406 e. The van der Waals surface area contributed by atoms with Crippen LogP contribution in [0.15, 0.2) is 61.1 Å². The zero-order valence-electron chi connectivity index (χ0n) is 14.9. The van der Waals surface area contributed by atoms with E-state index in [9.17, 15) is 23.3 Å². The smallest absolute Gasteiger partial charge is 0.406 e. The molecule has 148 valence electrons. The Morgan fingerprint density at radius 3 is 2.41 bits per heavy atom. The lowest BCUT2D eigenvalue weighted by Gasteiger charge is -2.10. The molecular formula is C19H13F3N4O3. The summed E-state index contributed by atoms with van der Waals surface area (Å²) >= 11 is 0. The number of fused-ring (bicyclic) bond motifs is 1. The summed E-state index contributed by atoms with van der Waals surface area (Å²) in [6.07, 6.45) is 0.412. The number of hydrogen-bond acceptors (Lipinski definition) is 4. The Morgan fingerprint density at radius 2 is 1.83 bits per heavy atom. The summed E-state index contributed by atoms with van der Waals surface area (Å²) in [5.74, 6) is -0.333. The SMILES string of the molecule is Cn1cc(-c2cn(-c3ccc(OC(F)(F)F)cc3)c3ccc([N+](=O)[O-])cc23)cn1. The monoisotopic (exact) mass is 402 g/mol. The molecule has 0 atom stereocenters. The van der Waals surface area contributed by atoms with E-state index in [2.05, 4.69) is 9.84 Å². The highest BCUT2D eigenvalue weighted by atomic mass is 19.4. The van der Waals surface area contributed by atoms with Gasteiger partial charge in [-0.05, 0) is 30.3 Å². The van der Waals surface area contributed by atoms with E-state index >= 15 is 0 Å². The van der Waals surface area contributed by atoms with Gasteiger partial charge < -0.3 is 9.30 Å². The summed E-state index contributed by atoms with van der Waals surface area (Å²) in [6.45, 7) is 0. The molecule has 0 unspecified atom stereocenters. The minimum absolute atomic E-state index is 0.0608. The summed E-state index contributed by atoms with van der Waals surface area (Å²) in [4.78, 5) is 10.7. The molecule has 0 fully saturated rings. The second-order valence-electron chi connectivity index (χ2n) is 6.32. The van der Waals surface area contributed by atoms with Crippen LogP contribution in [0.1, 0.15) is 0 Å². The molecule has 0 radical (unpaired) electrons. The van der Waals surface area contributed by atoms with Crippen molar-refractivity contribution in [3.63, 3.8) is 0 Å². The van der Waals surface area contributed by atoms with E-state index in [1.165, 1.54) is 36.4 Å². The lowest BCUT2D eigenvalue weighted by Crippen LogP contribution is -2.17. The van der Waals surface area contributed by atoms with Crippen LogP contribution in [-0.4, -0.2) is 25.6 Å². The maximum Gasteiger partial charge on any atom is 0.573 e. The average molecular weight is 402 g/mol. The lowest BCUT2D eigenvalue weighted by atomic mass is 10.1. The van der Waals surface area contributed by atoms with Crippen LogP contribution in [0.4, 0.5) is 18.9 Å². The maximum absolute atomic E-state index is 12.4. The fourth-order valence-corrected chi connectivity index (χ4v) is 3.14. The zero-order chi connectivity index (χ0) is 20.8. The topological polar surface area (TPSA) is 75.1 Å². The van der Waals surface area contributed by atoms with Crippen LogP contribution in [0.2, 0.25) is 0 Å². The van der Waals surface area contributed by atoms with E-state index < -0.39 is 11.3 Å². The average Bonchev–Trinajstić information content (AvgIpc) is 3.24. The number of rotatable bonds is 4. The van der Waals surface area contributed by atoms with Crippen molar-refractivity contribution in [1.82, 2.24) is 14.3 Å². The van der Waals surface area contributed by atoms with Crippen LogP contribution in [0.25, 0.3) is 27.7 Å². The Kier molecular flexibility index (Phi) is 4.26. The van der Waals surface area contributed by atoms with Gasteiger partial charge in [-0.25, -0.2) is 0 Å². The number of benzene rings is 2. The van der Waals surface area contributed by atoms with Crippen LogP contribution < -0.4 is 4.74 Å². The third kappa shape index (κ3) is 3.64. The second-order valence-corrected chi connectivity index (χ2v) is 6.32. The van der Waals surface area contributed by atoms with Crippen molar-refractivity contribution in [3.8, 4) is 22.6 Å². The Hall–Kier alpha value is -3.82. The summed E-state index contributed by atoms with van der Waals surface area (Å²) in [6, 6.07) is 9.84. The van der Waals surface area contributed by atoms with Gasteiger partial charge in [-0.1, -0.05) is 0 Å². The van der Waals surface area contributed by atoms with Crippen molar-refractivity contribution < 1.29 is 22.8 Å². The van der Waals surface area contributed by atoms with E-state index in [0.29, 0.717) is 22.2 Å². The number of alkyl halides is 3. The molecule has 2 aromatic carbocycles. The fourth-order valence-electron chi connectivity index (χ4n) is 3.14. The van der Waals surface area contributed by atoms with Crippen molar-refractivity contribution in [1.29, 1.82) is 0 Å². The highest BCUT2D eigenvalue weighted by molar-refractivity contribution is 5.98. The van der Waals surface area contributed by atoms with Crippen LogP contribution >= 0.6 is 0 Å². The van der Waals surface area contributed by atoms with E-state index in [1.807, 2.05) is 0 Å². The van der Waals surface area contributed by atoms with Gasteiger partial charge in [-0.2, -0.15) is 5.10 Å². The molecule has 0 spiro atoms. The van der Waals surface area contributed by atoms with Crippen LogP contribution in [0.5, 0.6) is 5.75 Å². The molecule has 4 aromatic rings. The number of nitro benzene ring substituents is 1. The van der Waals surface area contributed by atoms with Gasteiger partial charge in [-0.15, -0.1) is 13.2 Å². The summed E-state index contributed by atoms with van der Waals surface area (Å²) in [5.41, 5.74) is 2.66. The Morgan fingerprint density at radius 1 is 1.10 bits per heavy atom. The maximum atomic E-state index is 12.4. The zero-order valence-corrected chi connectivity index (χ0v) is 14.9. The van der Waals surface area contributed by atoms with E-state index in [0.717, 1.165) is 5.56 Å². The number of non-ortho nitro benzene ring substituents is 1. The molecule has 2 aromatic heterocycles. The van der Waals surface area contributed by atoms with Crippen molar-refractivity contribution in [2.45, 2.75) is 6.36 Å². The molecule has 29 heavy (non-hydrogen) atoms. The van der Waals surface area contributed by atoms with E-state index in [1.54, 1.807) is 41.0 Å². The molecule has 10 heteroatoms. The predicted octanol–water partition coefficient (Wildman–Crippen LogP) is 4.84. The molecule has 0 aliphatic rings. The Labute approximate surface area is 161 Å². The van der Waals surface area contributed by atoms with Gasteiger partial charge in [0.25, 0.3) is 5.69 Å². The van der Waals surface area contributed by atoms with Gasteiger partial charge in [0.05, 0.1) is 16.6 Å². The standard InChI is InChI=1S/C19H13F3N4O3/c1-24-10-12(9-23-24)17-11-25(18-7-4-14(26(27)28)8-16(17)18)13-2-5-15(6-3-13)29-19(20,21)22/h2-11H,1H3. The number of halogens is 3. The number of aryl methyl sites for hydroxylation is 1. The van der Waals surface area contributed by atoms with E-state index in [-0.39, 0.29) is 11.4 Å². The Balaban J connectivity index is 1.85. The fraction of sp³-hybridized carbons (Fsp3) is 0.105. The number of hydrogen-bond donors (Lipinski definition) is 0. The van der Waals surface area contributed by atoms with Crippen molar-refractivity contribution in [3.05, 3.63) is 71.2 Å². The van der Waals surface area contributed by atoms with Gasteiger partial charge in [0.15, 0.2) is 0 Å². The minimum atomic E-state index is -4.77. The molecule has 0 aliphatic heterocycles. The van der Waals surface area contributed by atoms with Gasteiger partial charge in [-0.3, -0.25) is 14.8 Å². The highest BCUT2D eigenvalue weighted by Gasteiger charge is 2.31. The van der Waals surface area contributed by atoms with Crippen LogP contribution in [0, 0.1) is 10.1 Å². The van der Waals surface area contributed by atoms with Gasteiger partial charge >= 0.3 is 6.36 Å². The number of ether oxygens (including phenoxy) is 1. The summed E-state index contributed by atoms with van der Waals surface area (Å²) < 4.78 is 44.4. The number of nitrogens with zero attached hydrogens (tertiary/aromatic N) is 4. The second kappa shape index (κ2) is 6.66. The van der Waals surface area contributed by atoms with Gasteiger partial charge in [0, 0.05) is 53.8 Å². The normalized spacial score (nSPS) is 11.7. The first-order chi connectivity index (χ1) is 13.7. The first-order valence-corrected chi connectivity index (χ1v) is 8.36. The van der Waals surface area contributed by atoms with Crippen LogP contribution in [0.3, 0.4) is 0 Å². The molecule has 0 bridgehead atoms. The van der Waals surface area contributed by atoms with Crippen LogP contribution in [-0.2, 0) is 7.05 Å². The lowest BCUT2D eigenvalue weighted by molar-refractivity contribution is -0.384. The third-order valence-electron chi connectivity index (χ3n) is 4.36. The quantitative estimate of drug-likeness (QED) is 0.362. The van der Waals surface area contributed by atoms with E-state index in [4.69, 9.17) is 0 Å². The number of aromatic nitrogens is 3. The van der Waals surface area contributed by atoms with Gasteiger partial charge in [0.2, 0.25) is 0 Å². The van der Waals surface area contributed by atoms with Gasteiger partial charge in [0.1, 0.15) is 5.75 Å². The first-order valence-electron chi connectivity index (χ1n) is 8.36. The van der Waals surface area contributed by atoms with Crippen molar-refractivity contribution in [2.24, 2.45) is 7.05 Å². The molecule has 0 N–H and O–H groups in total.